The van der Waals surface area contributed by atoms with Crippen LogP contribution in [0, 0.1) is 51.2 Å². The number of aliphatic hydroxyl groups excluding tert-OH is 3. The van der Waals surface area contributed by atoms with Gasteiger partial charge in [-0.1, -0.05) is 77.2 Å². The number of anilines is 1. The molecule has 9 rings (SSSR count). The van der Waals surface area contributed by atoms with Crippen LogP contribution in [-0.4, -0.2) is 82.1 Å². The van der Waals surface area contributed by atoms with Gasteiger partial charge in [0.25, 0.3) is 0 Å². The van der Waals surface area contributed by atoms with Crippen LogP contribution in [0.3, 0.4) is 0 Å². The van der Waals surface area contributed by atoms with E-state index in [1.54, 1.807) is 19.1 Å². The number of aliphatic hydroxyl groups is 3. The maximum atomic E-state index is 15.4. The van der Waals surface area contributed by atoms with Crippen molar-refractivity contribution in [3.63, 3.8) is 0 Å². The monoisotopic (exact) mass is 922 g/mol. The third kappa shape index (κ3) is 8.17. The standard InChI is InChI=1S/C57H83N3O7/c1-33(62)31-60-45-29-57(21-22-61)48(54(4)28-42(51(66)53(2,3)50(45)54)37-23-34(32-59-7)24-39(63)26-37)20-19-44-49(47(65)30-55(44,57)5)41(35-13-9-8-10-14-35)27-46(64)52-56(6,67-52)43-18-12-17-40(43)36-15-11-16-38(58)25-36/h11,15-16,23-26,33,35,40-43,45-46,48,50,52,59-64H,8-10,12-14,17-22,27-32,58H2,1-7H3. The van der Waals surface area contributed by atoms with E-state index in [2.05, 4.69) is 63.5 Å². The van der Waals surface area contributed by atoms with E-state index >= 15 is 9.59 Å². The lowest BCUT2D eigenvalue weighted by Crippen LogP contribution is -2.70. The SMILES string of the molecule is CNCc1cc(O)cc(C2CC3(C)C(C(NCC(C)O)CC4(CCO)C3CCC3=C(C(CC(O)C5OC5(C)C5CCCC5c5cccc(N)c5)C5CCCCC5)C(=O)CC34C)C(C)(C)C2=O)c1. The Morgan fingerprint density at radius 3 is 2.37 bits per heavy atom. The van der Waals surface area contributed by atoms with Gasteiger partial charge < -0.3 is 41.5 Å². The summed E-state index contributed by atoms with van der Waals surface area (Å²) in [4.78, 5) is 30.5. The molecule has 2 aromatic rings. The fraction of sp³-hybridized carbons (Fsp3) is 0.719. The number of hydrogen-bond donors (Lipinski definition) is 7. The molecule has 10 heteroatoms. The number of epoxide rings is 1. The van der Waals surface area contributed by atoms with Gasteiger partial charge in [0.15, 0.2) is 5.78 Å². The number of aromatic hydroxyl groups is 1. The zero-order chi connectivity index (χ0) is 47.8. The smallest absolute Gasteiger partial charge is 0.160 e. The molecule has 0 bridgehead atoms. The average Bonchev–Trinajstić information content (AvgIpc) is 3.58. The van der Waals surface area contributed by atoms with Crippen molar-refractivity contribution in [2.45, 2.75) is 186 Å². The number of phenolic OH excluding ortho intramolecular Hbond substituents is 1. The minimum Gasteiger partial charge on any atom is -0.508 e. The molecule has 0 radical (unpaired) electrons. The summed E-state index contributed by atoms with van der Waals surface area (Å²) >= 11 is 0. The van der Waals surface area contributed by atoms with Crippen molar-refractivity contribution >= 4 is 17.3 Å². The van der Waals surface area contributed by atoms with E-state index < -0.39 is 45.4 Å². The molecule has 14 atom stereocenters. The van der Waals surface area contributed by atoms with Crippen molar-refractivity contribution in [2.24, 2.45) is 51.2 Å². The maximum Gasteiger partial charge on any atom is 0.160 e. The minimum absolute atomic E-state index is 0.0153. The fourth-order valence-electron chi connectivity index (χ4n) is 17.5. The largest absolute Gasteiger partial charge is 0.508 e. The Hall–Kier alpha value is -3.12. The van der Waals surface area contributed by atoms with Crippen LogP contribution >= 0.6 is 0 Å². The Morgan fingerprint density at radius 2 is 1.67 bits per heavy atom. The van der Waals surface area contributed by atoms with E-state index in [4.69, 9.17) is 10.5 Å². The molecule has 1 heterocycles. The average molecular weight is 922 g/mol. The first-order valence-corrected chi connectivity index (χ1v) is 26.3. The molecule has 67 heavy (non-hydrogen) atoms. The summed E-state index contributed by atoms with van der Waals surface area (Å²) < 4.78 is 6.68. The first-order chi connectivity index (χ1) is 31.8. The molecule has 1 saturated heterocycles. The van der Waals surface area contributed by atoms with Gasteiger partial charge in [-0.2, -0.15) is 0 Å². The Labute approximate surface area is 400 Å². The highest BCUT2D eigenvalue weighted by atomic mass is 16.6. The fourth-order valence-corrected chi connectivity index (χ4v) is 17.5. The molecule has 10 nitrogen and oxygen atoms in total. The molecule has 0 aromatic heterocycles. The second kappa shape index (κ2) is 18.2. The molecule has 5 saturated carbocycles. The lowest BCUT2D eigenvalue weighted by molar-refractivity contribution is -0.203. The van der Waals surface area contributed by atoms with Gasteiger partial charge in [-0.15, -0.1) is 0 Å². The first kappa shape index (κ1) is 48.9. The van der Waals surface area contributed by atoms with Crippen LogP contribution in [0.2, 0.25) is 0 Å². The van der Waals surface area contributed by atoms with Crippen LogP contribution in [0.15, 0.2) is 53.6 Å². The van der Waals surface area contributed by atoms with Gasteiger partial charge in [-0.3, -0.25) is 9.59 Å². The number of nitrogens with one attached hydrogen (secondary N) is 2. The zero-order valence-electron chi connectivity index (χ0n) is 41.7. The topological polar surface area (TPSA) is 178 Å². The number of carbonyl (C=O) groups excluding carboxylic acids is 2. The Morgan fingerprint density at radius 1 is 0.910 bits per heavy atom. The van der Waals surface area contributed by atoms with Crippen LogP contribution in [0.1, 0.15) is 166 Å². The number of allylic oxidation sites excluding steroid dienone is 2. The lowest BCUT2D eigenvalue weighted by atomic mass is 9.33. The molecule has 8 N–H and O–H groups in total. The summed E-state index contributed by atoms with van der Waals surface area (Å²) in [5.41, 5.74) is 9.65. The minimum atomic E-state index is -0.754. The number of ether oxygens (including phenoxy) is 1. The van der Waals surface area contributed by atoms with Crippen molar-refractivity contribution < 1.29 is 34.8 Å². The predicted molar refractivity (Wildman–Crippen MR) is 263 cm³/mol. The van der Waals surface area contributed by atoms with Crippen LogP contribution in [0.5, 0.6) is 5.75 Å². The molecule has 0 spiro atoms. The number of phenols is 1. The predicted octanol–water partition coefficient (Wildman–Crippen LogP) is 8.89. The van der Waals surface area contributed by atoms with Crippen molar-refractivity contribution in [3.05, 3.63) is 70.3 Å². The molecular formula is C57H83N3O7. The molecule has 1 aliphatic heterocycles. The zero-order valence-corrected chi connectivity index (χ0v) is 41.7. The Kier molecular flexibility index (Phi) is 13.3. The number of fused-ring (bicyclic) bond motifs is 5. The summed E-state index contributed by atoms with van der Waals surface area (Å²) in [5, 5.41) is 52.6. The van der Waals surface area contributed by atoms with Gasteiger partial charge in [-0.25, -0.2) is 0 Å². The number of Topliss-reactive ketones (excluding diaryl/α,β-unsaturated/α-hetero) is 2. The lowest BCUT2D eigenvalue weighted by Gasteiger charge is -2.71. The van der Waals surface area contributed by atoms with Crippen molar-refractivity contribution in [3.8, 4) is 5.75 Å². The van der Waals surface area contributed by atoms with Gasteiger partial charge in [0.1, 0.15) is 17.6 Å². The van der Waals surface area contributed by atoms with Gasteiger partial charge in [0.2, 0.25) is 0 Å². The van der Waals surface area contributed by atoms with E-state index in [0.29, 0.717) is 57.0 Å². The molecular weight excluding hydrogens is 839 g/mol. The number of benzene rings is 2. The number of hydrogen-bond acceptors (Lipinski definition) is 10. The third-order valence-corrected chi connectivity index (χ3v) is 20.1. The second-order valence-corrected chi connectivity index (χ2v) is 24.2. The van der Waals surface area contributed by atoms with E-state index in [1.807, 2.05) is 19.2 Å². The second-order valence-electron chi connectivity index (χ2n) is 24.2. The first-order valence-electron chi connectivity index (χ1n) is 26.3. The summed E-state index contributed by atoms with van der Waals surface area (Å²) in [5.74, 6) is 0.952. The Bertz CT molecular complexity index is 2220. The van der Waals surface area contributed by atoms with Gasteiger partial charge in [-0.05, 0) is 178 Å². The van der Waals surface area contributed by atoms with Gasteiger partial charge in [0, 0.05) is 54.6 Å². The van der Waals surface area contributed by atoms with Gasteiger partial charge in [0.05, 0.1) is 17.8 Å². The number of nitrogen functional groups attached to an aromatic ring is 1. The number of nitrogens with two attached hydrogens (primary N) is 1. The summed E-state index contributed by atoms with van der Waals surface area (Å²) in [6.45, 7) is 13.9. The van der Waals surface area contributed by atoms with E-state index in [0.717, 1.165) is 80.2 Å². The summed E-state index contributed by atoms with van der Waals surface area (Å²) in [7, 11) is 1.88. The summed E-state index contributed by atoms with van der Waals surface area (Å²) in [6.07, 6.45) is 11.5. The highest BCUT2D eigenvalue weighted by molar-refractivity contribution is 6.01. The third-order valence-electron chi connectivity index (χ3n) is 20.1. The van der Waals surface area contributed by atoms with Crippen LogP contribution in [0.25, 0.3) is 0 Å². The molecule has 368 valence electrons. The maximum absolute atomic E-state index is 15.4. The van der Waals surface area contributed by atoms with E-state index in [-0.39, 0.29) is 59.7 Å². The molecule has 7 aliphatic rings. The van der Waals surface area contributed by atoms with Crippen molar-refractivity contribution in [1.29, 1.82) is 0 Å². The highest BCUT2D eigenvalue weighted by Gasteiger charge is 2.73. The van der Waals surface area contributed by atoms with Crippen molar-refractivity contribution in [2.75, 3.05) is 25.9 Å². The Balaban J connectivity index is 1.10. The van der Waals surface area contributed by atoms with Gasteiger partial charge >= 0.3 is 0 Å². The summed E-state index contributed by atoms with van der Waals surface area (Å²) in [6, 6.07) is 13.7. The molecule has 0 amide bonds. The molecule has 2 aromatic carbocycles. The van der Waals surface area contributed by atoms with Crippen LogP contribution in [-0.2, 0) is 20.9 Å². The molecule has 6 fully saturated rings. The van der Waals surface area contributed by atoms with Crippen LogP contribution in [0.4, 0.5) is 5.69 Å². The highest BCUT2D eigenvalue weighted by Crippen LogP contribution is 2.76. The quantitative estimate of drug-likeness (QED) is 0.0675. The normalized spacial score (nSPS) is 38.6. The molecule has 6 aliphatic carbocycles. The van der Waals surface area contributed by atoms with E-state index in [1.165, 1.54) is 17.6 Å². The number of ketones is 2. The number of rotatable bonds is 15. The number of carbonyl (C=O) groups is 2. The van der Waals surface area contributed by atoms with E-state index in [9.17, 15) is 20.4 Å². The van der Waals surface area contributed by atoms with Crippen LogP contribution < -0.4 is 16.4 Å². The van der Waals surface area contributed by atoms with Crippen molar-refractivity contribution in [1.82, 2.24) is 10.6 Å². The molecule has 14 unspecified atom stereocenters.